The van der Waals surface area contributed by atoms with Crippen LogP contribution >= 0.6 is 34.8 Å². The van der Waals surface area contributed by atoms with E-state index in [1.807, 2.05) is 0 Å². The van der Waals surface area contributed by atoms with Gasteiger partial charge in [0, 0.05) is 32.3 Å². The van der Waals surface area contributed by atoms with Crippen LogP contribution in [0.4, 0.5) is 39.3 Å². The van der Waals surface area contributed by atoms with E-state index in [2.05, 4.69) is 20.9 Å². The normalized spacial score (nSPS) is 11.3. The number of halogens is 8. The van der Waals surface area contributed by atoms with Crippen molar-refractivity contribution in [1.29, 1.82) is 0 Å². The Morgan fingerprint density at radius 3 is 2.39 bits per heavy atom. The molecule has 16 heteroatoms. The number of imidazole rings is 1. The number of carbonyl (C=O) groups excluding carboxylic acids is 2. The largest absolute Gasteiger partial charge is 0.487 e. The number of aldehydes is 1. The molecule has 4 aromatic rings. The summed E-state index contributed by atoms with van der Waals surface area (Å²) in [5, 5.41) is 9.28. The number of hydrogen-bond donors (Lipinski definition) is 3. The summed E-state index contributed by atoms with van der Waals surface area (Å²) < 4.78 is 68.5. The van der Waals surface area contributed by atoms with E-state index in [1.54, 1.807) is 30.8 Å². The fraction of sp³-hybridized carbons (Fsp3) is 0.250. The quantitative estimate of drug-likeness (QED) is 0.117. The zero-order valence-corrected chi connectivity index (χ0v) is 25.5. The Balaban J connectivity index is 0.000000801. The third kappa shape index (κ3) is 8.94. The van der Waals surface area contributed by atoms with Gasteiger partial charge in [0.05, 0.1) is 37.4 Å². The van der Waals surface area contributed by atoms with E-state index in [-0.39, 0.29) is 22.0 Å². The van der Waals surface area contributed by atoms with E-state index in [0.717, 1.165) is 11.6 Å². The molecule has 3 aromatic carbocycles. The van der Waals surface area contributed by atoms with E-state index in [9.17, 15) is 26.7 Å². The lowest BCUT2D eigenvalue weighted by Gasteiger charge is -2.14. The number of nitrogens with one attached hydrogen (secondary N) is 3. The molecule has 4 rings (SSSR count). The summed E-state index contributed by atoms with van der Waals surface area (Å²) in [6.07, 6.45) is -3.16. The summed E-state index contributed by atoms with van der Waals surface area (Å²) >= 11 is 18.7. The second kappa shape index (κ2) is 14.9. The molecule has 0 aliphatic heterocycles. The molecule has 0 atom stereocenters. The van der Waals surface area contributed by atoms with Gasteiger partial charge in [0.2, 0.25) is 5.95 Å². The Morgan fingerprint density at radius 1 is 1.11 bits per heavy atom. The molecule has 0 aliphatic carbocycles. The van der Waals surface area contributed by atoms with Crippen LogP contribution in [-0.4, -0.2) is 47.7 Å². The lowest BCUT2D eigenvalue weighted by Crippen LogP contribution is -2.16. The number of carbonyl (C=O) groups is 2. The highest BCUT2D eigenvalue weighted by molar-refractivity contribution is 6.39. The van der Waals surface area contributed by atoms with Gasteiger partial charge in [-0.25, -0.2) is 18.2 Å². The van der Waals surface area contributed by atoms with E-state index in [4.69, 9.17) is 44.3 Å². The zero-order chi connectivity index (χ0) is 32.8. The fourth-order valence-corrected chi connectivity index (χ4v) is 4.41. The summed E-state index contributed by atoms with van der Waals surface area (Å²) in [5.74, 6) is -4.25. The second-order valence-corrected chi connectivity index (χ2v) is 10.4. The molecule has 0 aliphatic rings. The van der Waals surface area contributed by atoms with Crippen LogP contribution in [0.1, 0.15) is 22.8 Å². The number of fused-ring (bicyclic) bond motifs is 1. The number of rotatable bonds is 10. The highest BCUT2D eigenvalue weighted by Crippen LogP contribution is 2.37. The smallest absolute Gasteiger partial charge is 0.299 e. The van der Waals surface area contributed by atoms with Crippen molar-refractivity contribution in [3.05, 3.63) is 74.5 Å². The van der Waals surface area contributed by atoms with Crippen molar-refractivity contribution in [3.63, 3.8) is 0 Å². The Kier molecular flexibility index (Phi) is 11.8. The van der Waals surface area contributed by atoms with Crippen LogP contribution in [0.15, 0.2) is 42.5 Å². The summed E-state index contributed by atoms with van der Waals surface area (Å²) in [7, 11) is 3.48. The van der Waals surface area contributed by atoms with E-state index >= 15 is 0 Å². The van der Waals surface area contributed by atoms with Crippen molar-refractivity contribution in [1.82, 2.24) is 14.9 Å². The average Bonchev–Trinajstić information content (AvgIpc) is 3.26. The minimum Gasteiger partial charge on any atom is -0.487 e. The molecule has 1 heterocycles. The average molecular weight is 681 g/mol. The Labute approximate surface area is 263 Å². The van der Waals surface area contributed by atoms with Gasteiger partial charge < -0.3 is 25.3 Å². The topological polar surface area (TPSA) is 97.3 Å². The number of hydrogen-bond acceptors (Lipinski definition) is 6. The van der Waals surface area contributed by atoms with Gasteiger partial charge in [-0.15, -0.1) is 0 Å². The lowest BCUT2D eigenvalue weighted by atomic mass is 10.1. The van der Waals surface area contributed by atoms with E-state index in [1.165, 1.54) is 24.3 Å². The van der Waals surface area contributed by atoms with Gasteiger partial charge in [0.15, 0.2) is 6.29 Å². The molecule has 3 N–H and O–H groups in total. The van der Waals surface area contributed by atoms with E-state index in [0.29, 0.717) is 46.2 Å². The van der Waals surface area contributed by atoms with Gasteiger partial charge in [-0.2, -0.15) is 8.78 Å². The number of amides is 1. The maximum absolute atomic E-state index is 13.5. The summed E-state index contributed by atoms with van der Waals surface area (Å²) in [5.41, 5.74) is 2.23. The third-order valence-electron chi connectivity index (χ3n) is 5.75. The van der Waals surface area contributed by atoms with Crippen molar-refractivity contribution < 1.29 is 36.3 Å². The molecule has 1 amide bonds. The van der Waals surface area contributed by atoms with E-state index < -0.39 is 37.0 Å². The van der Waals surface area contributed by atoms with Gasteiger partial charge in [-0.3, -0.25) is 9.59 Å². The lowest BCUT2D eigenvalue weighted by molar-refractivity contribution is -0.126. The van der Waals surface area contributed by atoms with Crippen LogP contribution in [0.5, 0.6) is 5.75 Å². The SMILES string of the molecule is CC(F)(F)C=O.CNCc1ccc(Cl)c(Nc2nc3cc(C(=O)Nc4ccc(F)c(Cl)c4)c(OCC(F)F)cc3n2C)c1Cl. The molecule has 8 nitrogen and oxygen atoms in total. The second-order valence-electron chi connectivity index (χ2n) is 9.24. The van der Waals surface area contributed by atoms with Crippen molar-refractivity contribution in [2.45, 2.75) is 25.8 Å². The summed E-state index contributed by atoms with van der Waals surface area (Å²) in [6, 6.07) is 9.97. The van der Waals surface area contributed by atoms with Crippen molar-refractivity contribution in [2.75, 3.05) is 24.3 Å². The molecule has 0 unspecified atom stereocenters. The monoisotopic (exact) mass is 679 g/mol. The van der Waals surface area contributed by atoms with Crippen molar-refractivity contribution in [3.8, 4) is 5.75 Å². The molecule has 0 bridgehead atoms. The first kappa shape index (κ1) is 34.8. The molecular formula is C28H25Cl3F5N5O3. The first-order valence-corrected chi connectivity index (χ1v) is 13.7. The fourth-order valence-electron chi connectivity index (χ4n) is 3.70. The van der Waals surface area contributed by atoms with Crippen LogP contribution in [-0.2, 0) is 18.4 Å². The molecule has 44 heavy (non-hydrogen) atoms. The minimum atomic E-state index is -3.14. The van der Waals surface area contributed by atoms with Crippen LogP contribution < -0.4 is 20.7 Å². The Bertz CT molecular complexity index is 1660. The number of aryl methyl sites for hydroxylation is 1. The maximum atomic E-state index is 13.5. The predicted molar refractivity (Wildman–Crippen MR) is 161 cm³/mol. The number of nitrogens with zero attached hydrogens (tertiary/aromatic N) is 2. The Hall–Kier alpha value is -3.65. The molecule has 1 aromatic heterocycles. The first-order valence-electron chi connectivity index (χ1n) is 12.6. The zero-order valence-electron chi connectivity index (χ0n) is 23.3. The number of aromatic nitrogens is 2. The summed E-state index contributed by atoms with van der Waals surface area (Å²) in [4.78, 5) is 26.7. The maximum Gasteiger partial charge on any atom is 0.299 e. The highest BCUT2D eigenvalue weighted by atomic mass is 35.5. The summed E-state index contributed by atoms with van der Waals surface area (Å²) in [6.45, 7) is 0.121. The van der Waals surface area contributed by atoms with Crippen LogP contribution in [0.3, 0.4) is 0 Å². The van der Waals surface area contributed by atoms with Gasteiger partial charge in [0.1, 0.15) is 18.2 Å². The minimum absolute atomic E-state index is 0.0599. The standard InChI is InChI=1S/C25H21Cl3F3N5O2.C3H4F2O/c1-32-10-12-3-5-15(26)23(22(12)28)35-25-34-18-8-14(20(38-11-21(30)31)9-19(18)36(25)2)24(37)33-13-4-6-17(29)16(27)7-13;1-3(4,5)2-6/h3-9,21,32H,10-11H2,1-2H3,(H,33,37)(H,34,35);2H,1H3. The van der Waals surface area contributed by atoms with Gasteiger partial charge >= 0.3 is 0 Å². The van der Waals surface area contributed by atoms with Gasteiger partial charge in [-0.1, -0.05) is 40.9 Å². The molecule has 0 radical (unpaired) electrons. The number of alkyl halides is 4. The first-order chi connectivity index (χ1) is 20.6. The molecule has 0 saturated carbocycles. The number of anilines is 3. The third-order valence-corrected chi connectivity index (χ3v) is 6.79. The van der Waals surface area contributed by atoms with Gasteiger partial charge in [0.25, 0.3) is 18.3 Å². The highest BCUT2D eigenvalue weighted by Gasteiger charge is 2.21. The van der Waals surface area contributed by atoms with Crippen molar-refractivity contribution in [2.24, 2.45) is 7.05 Å². The molecule has 0 fully saturated rings. The Morgan fingerprint density at radius 2 is 1.80 bits per heavy atom. The van der Waals surface area contributed by atoms with Gasteiger partial charge in [-0.05, 0) is 42.9 Å². The molecule has 0 spiro atoms. The molecular weight excluding hydrogens is 656 g/mol. The number of ether oxygens (including phenoxy) is 1. The number of benzene rings is 3. The van der Waals surface area contributed by atoms with Crippen molar-refractivity contribution >= 4 is 75.4 Å². The molecule has 236 valence electrons. The van der Waals surface area contributed by atoms with Crippen LogP contribution in [0, 0.1) is 5.82 Å². The predicted octanol–water partition coefficient (Wildman–Crippen LogP) is 7.87. The van der Waals surface area contributed by atoms with Crippen LogP contribution in [0.25, 0.3) is 11.0 Å². The van der Waals surface area contributed by atoms with Crippen LogP contribution in [0.2, 0.25) is 15.1 Å². The molecule has 0 saturated heterocycles.